The molecule has 8 nitrogen and oxygen atoms in total. The Morgan fingerprint density at radius 3 is 2.55 bits per heavy atom. The number of nitrogens with zero attached hydrogens (tertiary/aromatic N) is 7. The summed E-state index contributed by atoms with van der Waals surface area (Å²) in [7, 11) is 0. The average Bonchev–Trinajstić information content (AvgIpc) is 3.43. The first kappa shape index (κ1) is 20.8. The molecule has 0 aliphatic heterocycles. The van der Waals surface area contributed by atoms with Gasteiger partial charge in [0.1, 0.15) is 11.5 Å². The molecule has 1 N–H and O–H groups in total. The molecule has 4 rings (SSSR count). The fourth-order valence-corrected chi connectivity index (χ4v) is 3.38. The highest BCUT2D eigenvalue weighted by Crippen LogP contribution is 2.28. The van der Waals surface area contributed by atoms with Crippen LogP contribution in [0.15, 0.2) is 42.6 Å². The number of rotatable bonds is 7. The van der Waals surface area contributed by atoms with Gasteiger partial charge in [-0.15, -0.1) is 5.10 Å². The molecule has 160 valence electrons. The molecule has 0 saturated heterocycles. The highest BCUT2D eigenvalue weighted by atomic mass is 15.5. The van der Waals surface area contributed by atoms with E-state index < -0.39 is 0 Å². The number of tetrazole rings is 1. The Bertz CT molecular complexity index is 1120. The Hall–Kier alpha value is -3.42. The van der Waals surface area contributed by atoms with Crippen molar-refractivity contribution in [2.75, 3.05) is 0 Å². The fourth-order valence-electron chi connectivity index (χ4n) is 3.38. The average molecular weight is 417 g/mol. The van der Waals surface area contributed by atoms with E-state index in [9.17, 15) is 0 Å². The van der Waals surface area contributed by atoms with E-state index in [4.69, 9.17) is 10.1 Å². The van der Waals surface area contributed by atoms with E-state index in [1.807, 2.05) is 12.1 Å². The minimum atomic E-state index is -0.0671. The Balaban J connectivity index is 1.60. The second-order valence-corrected chi connectivity index (χ2v) is 8.70. The molecule has 8 heteroatoms. The van der Waals surface area contributed by atoms with Gasteiger partial charge in [0, 0.05) is 30.1 Å². The van der Waals surface area contributed by atoms with Crippen molar-refractivity contribution in [2.24, 2.45) is 0 Å². The third kappa shape index (κ3) is 4.68. The van der Waals surface area contributed by atoms with Crippen molar-refractivity contribution in [2.45, 2.75) is 58.9 Å². The number of hydrogen-bond acceptors (Lipinski definition) is 6. The van der Waals surface area contributed by atoms with E-state index in [1.165, 1.54) is 5.56 Å². The highest BCUT2D eigenvalue weighted by Gasteiger charge is 2.22. The van der Waals surface area contributed by atoms with Crippen molar-refractivity contribution in [1.29, 1.82) is 0 Å². The summed E-state index contributed by atoms with van der Waals surface area (Å²) in [4.78, 5) is 9.33. The van der Waals surface area contributed by atoms with Crippen molar-refractivity contribution >= 4 is 0 Å². The molecule has 0 aliphatic rings. The van der Waals surface area contributed by atoms with Gasteiger partial charge in [0.05, 0.1) is 0 Å². The minimum Gasteiger partial charge on any atom is -0.252 e. The van der Waals surface area contributed by atoms with Gasteiger partial charge < -0.3 is 0 Å². The summed E-state index contributed by atoms with van der Waals surface area (Å²) >= 11 is 0. The zero-order chi connectivity index (χ0) is 21.8. The summed E-state index contributed by atoms with van der Waals surface area (Å²) in [5, 5.41) is 18.9. The maximum absolute atomic E-state index is 4.87. The molecule has 0 fully saturated rings. The number of benzene rings is 1. The first-order chi connectivity index (χ1) is 15.0. The van der Waals surface area contributed by atoms with E-state index in [0.29, 0.717) is 5.82 Å². The van der Waals surface area contributed by atoms with Gasteiger partial charge in [-0.2, -0.15) is 5.10 Å². The number of H-pyrrole nitrogens is 1. The molecule has 0 aliphatic carbocycles. The summed E-state index contributed by atoms with van der Waals surface area (Å²) in [6.45, 7) is 9.56. The van der Waals surface area contributed by atoms with Crippen LogP contribution in [0.3, 0.4) is 0 Å². The topological polar surface area (TPSA) is 98.1 Å². The number of aryl methyl sites for hydroxylation is 1. The maximum Gasteiger partial charge on any atom is 0.198 e. The molecule has 4 aromatic rings. The quantitative estimate of drug-likeness (QED) is 0.485. The standard InChI is InChI=1S/C23H28N8/c1-5-6-14-31-19(25-22(28-31)23(2,3)4)15-16-9-11-17(12-10-16)18-8-7-13-24-20(18)21-26-29-30-27-21/h7-13H,5-6,14-15H2,1-4H3,(H,26,27,29,30). The van der Waals surface area contributed by atoms with E-state index >= 15 is 0 Å². The number of hydrogen-bond donors (Lipinski definition) is 1. The molecule has 31 heavy (non-hydrogen) atoms. The lowest BCUT2D eigenvalue weighted by Gasteiger charge is -2.12. The number of aromatic amines is 1. The molecular formula is C23H28N8. The van der Waals surface area contributed by atoms with Gasteiger partial charge in [-0.25, -0.2) is 14.8 Å². The van der Waals surface area contributed by atoms with Crippen LogP contribution < -0.4 is 0 Å². The van der Waals surface area contributed by atoms with Crippen molar-refractivity contribution < 1.29 is 0 Å². The second kappa shape index (κ2) is 8.75. The number of nitrogens with one attached hydrogen (secondary N) is 1. The summed E-state index contributed by atoms with van der Waals surface area (Å²) in [5.74, 6) is 2.47. The molecule has 0 spiro atoms. The monoisotopic (exact) mass is 416 g/mol. The highest BCUT2D eigenvalue weighted by molar-refractivity contribution is 5.77. The van der Waals surface area contributed by atoms with Gasteiger partial charge in [0.25, 0.3) is 0 Å². The third-order valence-electron chi connectivity index (χ3n) is 5.15. The number of pyridine rings is 1. The lowest BCUT2D eigenvalue weighted by molar-refractivity contribution is 0.509. The van der Waals surface area contributed by atoms with E-state index in [-0.39, 0.29) is 5.41 Å². The van der Waals surface area contributed by atoms with E-state index in [0.717, 1.165) is 54.3 Å². The Kier molecular flexibility index (Phi) is 5.88. The molecule has 0 bridgehead atoms. The predicted octanol–water partition coefficient (Wildman–Crippen LogP) is 4.21. The molecule has 3 heterocycles. The number of aromatic nitrogens is 8. The molecule has 0 amide bonds. The third-order valence-corrected chi connectivity index (χ3v) is 5.15. The van der Waals surface area contributed by atoms with Crippen molar-refractivity contribution in [3.8, 4) is 22.6 Å². The van der Waals surface area contributed by atoms with Crippen LogP contribution in [-0.2, 0) is 18.4 Å². The van der Waals surface area contributed by atoms with Gasteiger partial charge >= 0.3 is 0 Å². The van der Waals surface area contributed by atoms with Crippen LogP contribution in [0.25, 0.3) is 22.6 Å². The van der Waals surface area contributed by atoms with Crippen LogP contribution in [0.1, 0.15) is 57.7 Å². The molecule has 0 atom stereocenters. The zero-order valence-electron chi connectivity index (χ0n) is 18.5. The van der Waals surface area contributed by atoms with Gasteiger partial charge in [-0.05, 0) is 34.0 Å². The largest absolute Gasteiger partial charge is 0.252 e. The second-order valence-electron chi connectivity index (χ2n) is 8.70. The molecule has 0 saturated carbocycles. The van der Waals surface area contributed by atoms with Gasteiger partial charge in [-0.3, -0.25) is 4.98 Å². The lowest BCUT2D eigenvalue weighted by Crippen LogP contribution is -2.14. The lowest BCUT2D eigenvalue weighted by atomic mass is 9.96. The molecule has 0 unspecified atom stereocenters. The first-order valence-corrected chi connectivity index (χ1v) is 10.7. The predicted molar refractivity (Wildman–Crippen MR) is 119 cm³/mol. The Morgan fingerprint density at radius 2 is 1.87 bits per heavy atom. The van der Waals surface area contributed by atoms with Crippen LogP contribution in [0.4, 0.5) is 0 Å². The zero-order valence-corrected chi connectivity index (χ0v) is 18.5. The van der Waals surface area contributed by atoms with Crippen molar-refractivity contribution in [3.05, 3.63) is 59.8 Å². The van der Waals surface area contributed by atoms with E-state index in [2.05, 4.69) is 82.3 Å². The fraction of sp³-hybridized carbons (Fsp3) is 0.391. The van der Waals surface area contributed by atoms with Crippen LogP contribution in [0.5, 0.6) is 0 Å². The molecular weight excluding hydrogens is 388 g/mol. The maximum atomic E-state index is 4.87. The normalized spacial score (nSPS) is 11.7. The Labute approximate surface area is 182 Å². The van der Waals surface area contributed by atoms with Gasteiger partial charge in [0.2, 0.25) is 0 Å². The molecule has 0 radical (unpaired) electrons. The summed E-state index contributed by atoms with van der Waals surface area (Å²) < 4.78 is 2.08. The van der Waals surface area contributed by atoms with Crippen molar-refractivity contribution in [1.82, 2.24) is 40.4 Å². The van der Waals surface area contributed by atoms with Crippen molar-refractivity contribution in [3.63, 3.8) is 0 Å². The van der Waals surface area contributed by atoms with E-state index in [1.54, 1.807) is 6.20 Å². The van der Waals surface area contributed by atoms with Crippen LogP contribution in [0.2, 0.25) is 0 Å². The summed E-state index contributed by atoms with van der Waals surface area (Å²) in [6.07, 6.45) is 4.72. The summed E-state index contributed by atoms with van der Waals surface area (Å²) in [5.41, 5.74) is 3.90. The van der Waals surface area contributed by atoms with Crippen LogP contribution in [-0.4, -0.2) is 40.4 Å². The van der Waals surface area contributed by atoms with Crippen LogP contribution in [0, 0.1) is 0 Å². The number of unbranched alkanes of at least 4 members (excludes halogenated alkanes) is 1. The van der Waals surface area contributed by atoms with Crippen LogP contribution >= 0.6 is 0 Å². The Morgan fingerprint density at radius 1 is 1.06 bits per heavy atom. The molecule has 1 aromatic carbocycles. The SMILES string of the molecule is CCCCn1nc(C(C)(C)C)nc1Cc1ccc(-c2cccnc2-c2nnn[nH]2)cc1. The summed E-state index contributed by atoms with van der Waals surface area (Å²) in [6, 6.07) is 12.4. The first-order valence-electron chi connectivity index (χ1n) is 10.7. The molecule has 3 aromatic heterocycles. The van der Waals surface area contributed by atoms with Gasteiger partial charge in [0.15, 0.2) is 11.6 Å². The minimum absolute atomic E-state index is 0.0671. The smallest absolute Gasteiger partial charge is 0.198 e. The van der Waals surface area contributed by atoms with Gasteiger partial charge in [-0.1, -0.05) is 64.4 Å².